The van der Waals surface area contributed by atoms with Crippen LogP contribution in [0.2, 0.25) is 0 Å². The zero-order valence-corrected chi connectivity index (χ0v) is 15.2. The van der Waals surface area contributed by atoms with E-state index in [-0.39, 0.29) is 18.0 Å². The van der Waals surface area contributed by atoms with Crippen LogP contribution < -0.4 is 10.6 Å². The van der Waals surface area contributed by atoms with E-state index in [2.05, 4.69) is 15.6 Å². The summed E-state index contributed by atoms with van der Waals surface area (Å²) in [5, 5.41) is 16.5. The van der Waals surface area contributed by atoms with Crippen molar-refractivity contribution in [2.75, 3.05) is 38.2 Å². The summed E-state index contributed by atoms with van der Waals surface area (Å²) in [7, 11) is 1.83. The van der Waals surface area contributed by atoms with Crippen molar-refractivity contribution in [3.8, 4) is 0 Å². The fraction of sp³-hybridized carbons (Fsp3) is 0.867. The smallest absolute Gasteiger partial charge is 0.240 e. The summed E-state index contributed by atoms with van der Waals surface area (Å²) in [6, 6.07) is 0. The fourth-order valence-electron chi connectivity index (χ4n) is 2.16. The van der Waals surface area contributed by atoms with Crippen molar-refractivity contribution in [2.24, 2.45) is 4.99 Å². The van der Waals surface area contributed by atoms with Crippen LogP contribution in [0.5, 0.6) is 0 Å². The SMILES string of the molecule is CCNC(=NCC1(O)CCSC1)N(C)CC(=O)NC(C)(C)C. The summed E-state index contributed by atoms with van der Waals surface area (Å²) < 4.78 is 0. The Morgan fingerprint density at radius 1 is 1.45 bits per heavy atom. The van der Waals surface area contributed by atoms with Crippen LogP contribution in [-0.2, 0) is 4.79 Å². The quantitative estimate of drug-likeness (QED) is 0.510. The van der Waals surface area contributed by atoms with Gasteiger partial charge >= 0.3 is 0 Å². The lowest BCUT2D eigenvalue weighted by Crippen LogP contribution is -2.49. The van der Waals surface area contributed by atoms with Crippen LogP contribution in [0.1, 0.15) is 34.1 Å². The van der Waals surface area contributed by atoms with Crippen LogP contribution in [0.3, 0.4) is 0 Å². The van der Waals surface area contributed by atoms with E-state index in [1.807, 2.05) is 34.7 Å². The predicted molar refractivity (Wildman–Crippen MR) is 93.4 cm³/mol. The van der Waals surface area contributed by atoms with E-state index in [0.29, 0.717) is 12.5 Å². The maximum absolute atomic E-state index is 12.0. The van der Waals surface area contributed by atoms with Gasteiger partial charge in [0.2, 0.25) is 5.91 Å². The maximum Gasteiger partial charge on any atom is 0.240 e. The molecule has 0 saturated carbocycles. The van der Waals surface area contributed by atoms with E-state index >= 15 is 0 Å². The number of amides is 1. The van der Waals surface area contributed by atoms with Gasteiger partial charge in [-0.3, -0.25) is 9.79 Å². The molecule has 1 saturated heterocycles. The number of rotatable bonds is 5. The Hall–Kier alpha value is -0.950. The molecule has 1 rings (SSSR count). The standard InChI is InChI=1S/C15H30N4O2S/c1-6-16-13(17-10-15(21)7-8-22-11-15)19(5)9-12(20)18-14(2,3)4/h21H,6-11H2,1-5H3,(H,16,17)(H,18,20). The molecule has 128 valence electrons. The van der Waals surface area contributed by atoms with E-state index in [0.717, 1.165) is 24.5 Å². The number of carbonyl (C=O) groups is 1. The minimum Gasteiger partial charge on any atom is -0.387 e. The highest BCUT2D eigenvalue weighted by molar-refractivity contribution is 7.99. The zero-order valence-electron chi connectivity index (χ0n) is 14.4. The van der Waals surface area contributed by atoms with Crippen molar-refractivity contribution in [1.82, 2.24) is 15.5 Å². The molecule has 1 fully saturated rings. The number of guanidine groups is 1. The Balaban J connectivity index is 2.62. The Morgan fingerprint density at radius 3 is 2.64 bits per heavy atom. The van der Waals surface area contributed by atoms with E-state index < -0.39 is 5.60 Å². The summed E-state index contributed by atoms with van der Waals surface area (Å²) in [4.78, 5) is 18.3. The van der Waals surface area contributed by atoms with Crippen molar-refractivity contribution >= 4 is 23.6 Å². The average molecular weight is 330 g/mol. The van der Waals surface area contributed by atoms with Gasteiger partial charge < -0.3 is 20.6 Å². The minimum absolute atomic E-state index is 0.0456. The van der Waals surface area contributed by atoms with Crippen molar-refractivity contribution < 1.29 is 9.90 Å². The van der Waals surface area contributed by atoms with Gasteiger partial charge in [-0.05, 0) is 39.9 Å². The third-order valence-electron chi connectivity index (χ3n) is 3.20. The molecule has 1 aliphatic heterocycles. The van der Waals surface area contributed by atoms with Crippen LogP contribution in [0, 0.1) is 0 Å². The molecule has 1 unspecified atom stereocenters. The lowest BCUT2D eigenvalue weighted by Gasteiger charge is -2.26. The average Bonchev–Trinajstić information content (AvgIpc) is 2.79. The number of aliphatic hydroxyl groups is 1. The summed E-state index contributed by atoms with van der Waals surface area (Å²) in [6.45, 7) is 9.17. The van der Waals surface area contributed by atoms with E-state index in [9.17, 15) is 9.90 Å². The molecule has 0 aliphatic carbocycles. The highest BCUT2D eigenvalue weighted by atomic mass is 32.2. The maximum atomic E-state index is 12.0. The largest absolute Gasteiger partial charge is 0.387 e. The first kappa shape index (κ1) is 19.1. The van der Waals surface area contributed by atoms with Gasteiger partial charge in [0.05, 0.1) is 18.7 Å². The van der Waals surface area contributed by atoms with Gasteiger partial charge in [-0.2, -0.15) is 11.8 Å². The molecular weight excluding hydrogens is 300 g/mol. The first-order valence-electron chi connectivity index (χ1n) is 7.76. The number of aliphatic imine (C=N–C) groups is 1. The van der Waals surface area contributed by atoms with Gasteiger partial charge in [-0.1, -0.05) is 0 Å². The van der Waals surface area contributed by atoms with Gasteiger partial charge in [0.1, 0.15) is 0 Å². The molecule has 0 aromatic heterocycles. The Morgan fingerprint density at radius 2 is 2.14 bits per heavy atom. The second-order valence-electron chi connectivity index (χ2n) is 6.85. The molecule has 1 atom stereocenters. The molecule has 6 nitrogen and oxygen atoms in total. The summed E-state index contributed by atoms with van der Waals surface area (Å²) in [6.07, 6.45) is 0.773. The topological polar surface area (TPSA) is 77.0 Å². The number of hydrogen-bond acceptors (Lipinski definition) is 4. The van der Waals surface area contributed by atoms with Crippen LogP contribution >= 0.6 is 11.8 Å². The second kappa shape index (κ2) is 8.06. The summed E-state index contributed by atoms with van der Waals surface area (Å²) in [5.41, 5.74) is -0.955. The van der Waals surface area contributed by atoms with Crippen LogP contribution in [0.4, 0.5) is 0 Å². The van der Waals surface area contributed by atoms with Crippen LogP contribution in [-0.4, -0.2) is 71.2 Å². The van der Waals surface area contributed by atoms with Crippen LogP contribution in [0.15, 0.2) is 4.99 Å². The van der Waals surface area contributed by atoms with Gasteiger partial charge in [-0.25, -0.2) is 0 Å². The van der Waals surface area contributed by atoms with Gasteiger partial charge in [0, 0.05) is 24.9 Å². The van der Waals surface area contributed by atoms with E-state index in [4.69, 9.17) is 0 Å². The molecular formula is C15H30N4O2S. The third kappa shape index (κ3) is 6.87. The monoisotopic (exact) mass is 330 g/mol. The molecule has 0 spiro atoms. The Kier molecular flexibility index (Phi) is 6.99. The molecule has 0 bridgehead atoms. The number of nitrogens with zero attached hydrogens (tertiary/aromatic N) is 2. The zero-order chi connectivity index (χ0) is 16.8. The number of nitrogens with one attached hydrogen (secondary N) is 2. The molecule has 0 aromatic rings. The van der Waals surface area contributed by atoms with Gasteiger partial charge in [-0.15, -0.1) is 0 Å². The Labute approximate surface area is 138 Å². The van der Waals surface area contributed by atoms with Gasteiger partial charge in [0.25, 0.3) is 0 Å². The van der Waals surface area contributed by atoms with Crippen molar-refractivity contribution in [2.45, 2.75) is 45.3 Å². The highest BCUT2D eigenvalue weighted by Gasteiger charge is 2.31. The lowest BCUT2D eigenvalue weighted by molar-refractivity contribution is -0.122. The van der Waals surface area contributed by atoms with Crippen molar-refractivity contribution in [3.63, 3.8) is 0 Å². The number of likely N-dealkylation sites (N-methyl/N-ethyl adjacent to an activating group) is 1. The lowest BCUT2D eigenvalue weighted by atomic mass is 10.1. The summed E-state index contributed by atoms with van der Waals surface area (Å²) in [5.74, 6) is 2.31. The number of carbonyl (C=O) groups excluding carboxylic acids is 1. The second-order valence-corrected chi connectivity index (χ2v) is 7.96. The molecule has 0 aromatic carbocycles. The normalized spacial score (nSPS) is 22.5. The molecule has 22 heavy (non-hydrogen) atoms. The molecule has 3 N–H and O–H groups in total. The van der Waals surface area contributed by atoms with Gasteiger partial charge in [0.15, 0.2) is 5.96 Å². The minimum atomic E-state index is -0.708. The number of thioether (sulfide) groups is 1. The van der Waals surface area contributed by atoms with Crippen molar-refractivity contribution in [1.29, 1.82) is 0 Å². The fourth-order valence-corrected chi connectivity index (χ4v) is 3.45. The predicted octanol–water partition coefficient (Wildman–Crippen LogP) is 0.666. The van der Waals surface area contributed by atoms with Crippen LogP contribution in [0.25, 0.3) is 0 Å². The molecule has 1 amide bonds. The third-order valence-corrected chi connectivity index (χ3v) is 4.43. The molecule has 1 aliphatic rings. The van der Waals surface area contributed by atoms with E-state index in [1.54, 1.807) is 16.7 Å². The van der Waals surface area contributed by atoms with E-state index in [1.165, 1.54) is 0 Å². The highest BCUT2D eigenvalue weighted by Crippen LogP contribution is 2.27. The molecule has 7 heteroatoms. The number of hydrogen-bond donors (Lipinski definition) is 3. The van der Waals surface area contributed by atoms with Crippen molar-refractivity contribution in [3.05, 3.63) is 0 Å². The Bertz CT molecular complexity index is 401. The first-order valence-corrected chi connectivity index (χ1v) is 8.91. The molecule has 0 radical (unpaired) electrons. The summed E-state index contributed by atoms with van der Waals surface area (Å²) >= 11 is 1.75. The first-order chi connectivity index (χ1) is 10.2. The molecule has 1 heterocycles.